The zero-order valence-electron chi connectivity index (χ0n) is 10.4. The highest BCUT2D eigenvalue weighted by atomic mass is 16.2. The Kier molecular flexibility index (Phi) is 2.63. The van der Waals surface area contributed by atoms with Gasteiger partial charge in [0, 0.05) is 17.8 Å². The molecule has 0 unspecified atom stereocenters. The summed E-state index contributed by atoms with van der Waals surface area (Å²) >= 11 is 0. The summed E-state index contributed by atoms with van der Waals surface area (Å²) in [5, 5.41) is 0. The van der Waals surface area contributed by atoms with Gasteiger partial charge in [0.05, 0.1) is 0 Å². The maximum atomic E-state index is 12.5. The van der Waals surface area contributed by atoms with Gasteiger partial charge in [-0.3, -0.25) is 4.79 Å². The van der Waals surface area contributed by atoms with Crippen LogP contribution in [0.4, 0.5) is 5.69 Å². The van der Waals surface area contributed by atoms with Gasteiger partial charge in [-0.25, -0.2) is 0 Å². The first-order valence-corrected chi connectivity index (χ1v) is 6.22. The summed E-state index contributed by atoms with van der Waals surface area (Å²) in [6.07, 6.45) is 0.927. The van der Waals surface area contributed by atoms with Crippen LogP contribution in [0.2, 0.25) is 0 Å². The number of carbonyl (C=O) groups excluding carboxylic acids is 1. The number of hydrogen-bond donors (Lipinski definition) is 0. The van der Waals surface area contributed by atoms with E-state index in [1.54, 1.807) is 0 Å². The second kappa shape index (κ2) is 4.30. The van der Waals surface area contributed by atoms with Crippen LogP contribution in [-0.2, 0) is 6.42 Å². The molecule has 90 valence electrons. The Morgan fingerprint density at radius 1 is 1.06 bits per heavy atom. The molecule has 0 N–H and O–H groups in total. The molecule has 0 saturated carbocycles. The Morgan fingerprint density at radius 2 is 1.83 bits per heavy atom. The lowest BCUT2D eigenvalue weighted by Gasteiger charge is -2.28. The van der Waals surface area contributed by atoms with Gasteiger partial charge in [-0.05, 0) is 37.1 Å². The molecule has 2 aromatic rings. The average molecular weight is 237 g/mol. The Labute approximate surface area is 107 Å². The molecule has 0 bridgehead atoms. The molecule has 0 saturated heterocycles. The van der Waals surface area contributed by atoms with E-state index in [4.69, 9.17) is 0 Å². The van der Waals surface area contributed by atoms with Crippen molar-refractivity contribution in [3.63, 3.8) is 0 Å². The van der Waals surface area contributed by atoms with Gasteiger partial charge in [-0.15, -0.1) is 0 Å². The molecule has 0 spiro atoms. The van der Waals surface area contributed by atoms with Gasteiger partial charge in [0.25, 0.3) is 5.91 Å². The number of anilines is 1. The lowest BCUT2D eigenvalue weighted by Crippen LogP contribution is -2.37. The van der Waals surface area contributed by atoms with Crippen LogP contribution in [0.3, 0.4) is 0 Å². The van der Waals surface area contributed by atoms with Crippen LogP contribution in [0.25, 0.3) is 0 Å². The Hall–Kier alpha value is -2.09. The molecule has 0 radical (unpaired) electrons. The summed E-state index contributed by atoms with van der Waals surface area (Å²) in [5.41, 5.74) is 4.13. The fourth-order valence-corrected chi connectivity index (χ4v) is 2.44. The predicted octanol–water partition coefficient (Wildman–Crippen LogP) is 3.20. The number of carbonyl (C=O) groups is 1. The number of nitrogens with zero attached hydrogens (tertiary/aromatic N) is 1. The van der Waals surface area contributed by atoms with Crippen LogP contribution in [0.15, 0.2) is 48.5 Å². The van der Waals surface area contributed by atoms with Gasteiger partial charge in [0.15, 0.2) is 0 Å². The average Bonchev–Trinajstić information content (AvgIpc) is 2.41. The Bertz CT molecular complexity index is 589. The van der Waals surface area contributed by atoms with Crippen molar-refractivity contribution in [1.29, 1.82) is 0 Å². The third kappa shape index (κ3) is 1.80. The summed E-state index contributed by atoms with van der Waals surface area (Å²) in [5.74, 6) is 0.117. The third-order valence-electron chi connectivity index (χ3n) is 3.41. The SMILES string of the molecule is Cc1ccc2c(c1)C(=O)N(c1ccccc1)CC2. The molecule has 0 atom stereocenters. The normalized spacial score (nSPS) is 14.5. The molecule has 0 aliphatic carbocycles. The minimum Gasteiger partial charge on any atom is -0.308 e. The van der Waals surface area contributed by atoms with E-state index < -0.39 is 0 Å². The smallest absolute Gasteiger partial charge is 0.258 e. The van der Waals surface area contributed by atoms with Crippen LogP contribution in [-0.4, -0.2) is 12.5 Å². The first-order chi connectivity index (χ1) is 8.75. The quantitative estimate of drug-likeness (QED) is 0.746. The molecule has 0 aromatic heterocycles. The van der Waals surface area contributed by atoms with E-state index in [9.17, 15) is 4.79 Å². The lowest BCUT2D eigenvalue weighted by atomic mass is 9.96. The van der Waals surface area contributed by atoms with Gasteiger partial charge in [-0.1, -0.05) is 35.9 Å². The predicted molar refractivity (Wildman–Crippen MR) is 73.0 cm³/mol. The number of hydrogen-bond acceptors (Lipinski definition) is 1. The minimum absolute atomic E-state index is 0.117. The van der Waals surface area contributed by atoms with Crippen LogP contribution in [0.1, 0.15) is 21.5 Å². The summed E-state index contributed by atoms with van der Waals surface area (Å²) in [4.78, 5) is 14.4. The minimum atomic E-state index is 0.117. The van der Waals surface area contributed by atoms with Crippen LogP contribution in [0.5, 0.6) is 0 Å². The van der Waals surface area contributed by atoms with Gasteiger partial charge in [0.2, 0.25) is 0 Å². The first-order valence-electron chi connectivity index (χ1n) is 6.22. The summed E-state index contributed by atoms with van der Waals surface area (Å²) in [6.45, 7) is 2.79. The molecule has 3 rings (SSSR count). The molecule has 0 fully saturated rings. The van der Waals surface area contributed by atoms with Crippen molar-refractivity contribution in [3.8, 4) is 0 Å². The van der Waals surface area contributed by atoms with Crippen molar-refractivity contribution in [2.45, 2.75) is 13.3 Å². The van der Waals surface area contributed by atoms with E-state index in [1.165, 1.54) is 0 Å². The molecule has 1 aliphatic rings. The largest absolute Gasteiger partial charge is 0.308 e. The number of aryl methyl sites for hydroxylation is 1. The number of fused-ring (bicyclic) bond motifs is 1. The van der Waals surface area contributed by atoms with Crippen molar-refractivity contribution in [2.24, 2.45) is 0 Å². The van der Waals surface area contributed by atoms with Gasteiger partial charge < -0.3 is 4.90 Å². The van der Waals surface area contributed by atoms with E-state index in [2.05, 4.69) is 12.1 Å². The standard InChI is InChI=1S/C16H15NO/c1-12-7-8-13-9-10-17(16(18)15(13)11-12)14-5-3-2-4-6-14/h2-8,11H,9-10H2,1H3. The number of para-hydroxylation sites is 1. The van der Waals surface area contributed by atoms with Crippen molar-refractivity contribution < 1.29 is 4.79 Å². The summed E-state index contributed by atoms with van der Waals surface area (Å²) < 4.78 is 0. The highest BCUT2D eigenvalue weighted by molar-refractivity contribution is 6.08. The van der Waals surface area contributed by atoms with Crippen molar-refractivity contribution >= 4 is 11.6 Å². The highest BCUT2D eigenvalue weighted by Gasteiger charge is 2.25. The van der Waals surface area contributed by atoms with Crippen molar-refractivity contribution in [1.82, 2.24) is 0 Å². The molecule has 2 heteroatoms. The molecular formula is C16H15NO. The van der Waals surface area contributed by atoms with E-state index in [0.717, 1.165) is 35.3 Å². The van der Waals surface area contributed by atoms with Gasteiger partial charge in [0.1, 0.15) is 0 Å². The highest BCUT2D eigenvalue weighted by Crippen LogP contribution is 2.24. The monoisotopic (exact) mass is 237 g/mol. The molecule has 1 heterocycles. The van der Waals surface area contributed by atoms with Gasteiger partial charge >= 0.3 is 0 Å². The van der Waals surface area contributed by atoms with Crippen molar-refractivity contribution in [2.75, 3.05) is 11.4 Å². The molecule has 2 nitrogen and oxygen atoms in total. The summed E-state index contributed by atoms with van der Waals surface area (Å²) in [6, 6.07) is 16.0. The van der Waals surface area contributed by atoms with E-state index in [0.29, 0.717) is 0 Å². The van der Waals surface area contributed by atoms with Crippen LogP contribution in [0, 0.1) is 6.92 Å². The lowest BCUT2D eigenvalue weighted by molar-refractivity contribution is 0.0980. The van der Waals surface area contributed by atoms with E-state index in [-0.39, 0.29) is 5.91 Å². The first kappa shape index (κ1) is 11.0. The van der Waals surface area contributed by atoms with E-state index >= 15 is 0 Å². The zero-order valence-corrected chi connectivity index (χ0v) is 10.4. The van der Waals surface area contributed by atoms with E-state index in [1.807, 2.05) is 48.2 Å². The zero-order chi connectivity index (χ0) is 12.5. The molecule has 1 amide bonds. The third-order valence-corrected chi connectivity index (χ3v) is 3.41. The van der Waals surface area contributed by atoms with Crippen LogP contribution >= 0.6 is 0 Å². The number of benzene rings is 2. The maximum absolute atomic E-state index is 12.5. The number of rotatable bonds is 1. The Balaban J connectivity index is 2.02. The maximum Gasteiger partial charge on any atom is 0.258 e. The number of amides is 1. The van der Waals surface area contributed by atoms with Crippen molar-refractivity contribution in [3.05, 3.63) is 65.2 Å². The van der Waals surface area contributed by atoms with Gasteiger partial charge in [-0.2, -0.15) is 0 Å². The molecule has 18 heavy (non-hydrogen) atoms. The summed E-state index contributed by atoms with van der Waals surface area (Å²) in [7, 11) is 0. The second-order valence-corrected chi connectivity index (χ2v) is 4.70. The molecule has 1 aliphatic heterocycles. The fourth-order valence-electron chi connectivity index (χ4n) is 2.44. The molecular weight excluding hydrogens is 222 g/mol. The molecule has 2 aromatic carbocycles. The van der Waals surface area contributed by atoms with Crippen LogP contribution < -0.4 is 4.90 Å². The second-order valence-electron chi connectivity index (χ2n) is 4.70. The Morgan fingerprint density at radius 3 is 2.61 bits per heavy atom. The topological polar surface area (TPSA) is 20.3 Å². The fraction of sp³-hybridized carbons (Fsp3) is 0.188.